The van der Waals surface area contributed by atoms with Gasteiger partial charge in [-0.2, -0.15) is 0 Å². The van der Waals surface area contributed by atoms with Gasteiger partial charge in [-0.3, -0.25) is 9.59 Å². The highest BCUT2D eigenvalue weighted by Crippen LogP contribution is 2.20. The fourth-order valence-corrected chi connectivity index (χ4v) is 4.28. The van der Waals surface area contributed by atoms with Gasteiger partial charge in [-0.05, 0) is 56.0 Å². The number of amides is 2. The Morgan fingerprint density at radius 1 is 0.971 bits per heavy atom. The van der Waals surface area contributed by atoms with E-state index < -0.39 is 0 Å². The number of carbonyl (C=O) groups is 2. The van der Waals surface area contributed by atoms with Gasteiger partial charge in [0, 0.05) is 62.4 Å². The Bertz CT molecular complexity index is 1100. The zero-order chi connectivity index (χ0) is 25.4. The summed E-state index contributed by atoms with van der Waals surface area (Å²) in [4.78, 5) is 35.4. The van der Waals surface area contributed by atoms with E-state index in [0.29, 0.717) is 19.5 Å². The summed E-state index contributed by atoms with van der Waals surface area (Å²) in [5.74, 6) is 0.0437. The summed E-state index contributed by atoms with van der Waals surface area (Å²) in [6.45, 7) is 7.26. The van der Waals surface area contributed by atoms with Crippen LogP contribution in [0, 0.1) is 0 Å². The first-order valence-corrected chi connectivity index (χ1v) is 12.7. The number of nitrogens with zero attached hydrogens (tertiary/aromatic N) is 3. The van der Waals surface area contributed by atoms with Crippen LogP contribution in [0.4, 0.5) is 5.69 Å². The zero-order valence-electron chi connectivity index (χ0n) is 21.9. The molecule has 0 saturated heterocycles. The third-order valence-electron chi connectivity index (χ3n) is 6.50. The molecular formula is C29H40N4O2. The summed E-state index contributed by atoms with van der Waals surface area (Å²) >= 11 is 0. The van der Waals surface area contributed by atoms with E-state index in [0.717, 1.165) is 36.0 Å². The van der Waals surface area contributed by atoms with Crippen molar-refractivity contribution in [2.24, 2.45) is 0 Å². The van der Waals surface area contributed by atoms with E-state index in [1.165, 1.54) is 10.9 Å². The van der Waals surface area contributed by atoms with Gasteiger partial charge in [0.15, 0.2) is 0 Å². The van der Waals surface area contributed by atoms with Crippen molar-refractivity contribution in [3.8, 4) is 0 Å². The summed E-state index contributed by atoms with van der Waals surface area (Å²) in [6, 6.07) is 16.5. The Kier molecular flexibility index (Phi) is 9.35. The summed E-state index contributed by atoms with van der Waals surface area (Å²) < 4.78 is 0. The number of rotatable bonds is 12. The van der Waals surface area contributed by atoms with Gasteiger partial charge in [0.05, 0.1) is 6.54 Å². The van der Waals surface area contributed by atoms with Crippen molar-refractivity contribution in [2.75, 3.05) is 32.1 Å². The fourth-order valence-electron chi connectivity index (χ4n) is 4.28. The van der Waals surface area contributed by atoms with Crippen molar-refractivity contribution in [2.45, 2.75) is 59.0 Å². The minimum absolute atomic E-state index is 0.0138. The van der Waals surface area contributed by atoms with Crippen LogP contribution >= 0.6 is 0 Å². The SMILES string of the molecule is CCCCC(=O)N(CC(=O)N(CCc1c[nH]c2ccccc12)Cc1ccc(N(C)C)cc1)C(C)C. The molecule has 0 bridgehead atoms. The lowest BCUT2D eigenvalue weighted by Crippen LogP contribution is -2.46. The van der Waals surface area contributed by atoms with Crippen molar-refractivity contribution < 1.29 is 9.59 Å². The first-order chi connectivity index (χ1) is 16.8. The molecule has 0 aliphatic heterocycles. The molecular weight excluding hydrogens is 436 g/mol. The van der Waals surface area contributed by atoms with E-state index in [1.54, 1.807) is 4.90 Å². The van der Waals surface area contributed by atoms with Gasteiger partial charge in [0.1, 0.15) is 0 Å². The molecule has 35 heavy (non-hydrogen) atoms. The number of aromatic nitrogens is 1. The molecule has 0 unspecified atom stereocenters. The van der Waals surface area contributed by atoms with Crippen LogP contribution < -0.4 is 4.90 Å². The van der Waals surface area contributed by atoms with Gasteiger partial charge in [-0.25, -0.2) is 0 Å². The highest BCUT2D eigenvalue weighted by molar-refractivity contribution is 5.85. The van der Waals surface area contributed by atoms with E-state index in [1.807, 2.05) is 51.2 Å². The van der Waals surface area contributed by atoms with E-state index in [4.69, 9.17) is 0 Å². The number of H-pyrrole nitrogens is 1. The summed E-state index contributed by atoms with van der Waals surface area (Å²) in [7, 11) is 4.03. The molecule has 0 aliphatic rings. The smallest absolute Gasteiger partial charge is 0.242 e. The molecule has 3 aromatic rings. The standard InChI is InChI=1S/C29H40N4O2/c1-6-7-12-28(34)33(22(2)3)21-29(35)32(20-23-13-15-25(16-14-23)31(4)5)18-17-24-19-30-27-11-9-8-10-26(24)27/h8-11,13-16,19,22,30H,6-7,12,17-18,20-21H2,1-5H3. The minimum Gasteiger partial charge on any atom is -0.378 e. The van der Waals surface area contributed by atoms with E-state index >= 15 is 0 Å². The molecule has 1 heterocycles. The van der Waals surface area contributed by atoms with Crippen molar-refractivity contribution in [1.29, 1.82) is 0 Å². The summed E-state index contributed by atoms with van der Waals surface area (Å²) in [6.07, 6.45) is 5.08. The number of unbranched alkanes of at least 4 members (excludes halogenated alkanes) is 1. The predicted octanol–water partition coefficient (Wildman–Crippen LogP) is 5.23. The minimum atomic E-state index is -0.0156. The van der Waals surface area contributed by atoms with E-state index in [9.17, 15) is 9.59 Å². The molecule has 0 aliphatic carbocycles. The lowest BCUT2D eigenvalue weighted by atomic mass is 10.1. The van der Waals surface area contributed by atoms with Gasteiger partial charge in [0.2, 0.25) is 11.8 Å². The van der Waals surface area contributed by atoms with Crippen LogP contribution in [0.1, 0.15) is 51.2 Å². The molecule has 188 valence electrons. The third kappa shape index (κ3) is 7.10. The largest absolute Gasteiger partial charge is 0.378 e. The molecule has 2 aromatic carbocycles. The second-order valence-corrected chi connectivity index (χ2v) is 9.70. The van der Waals surface area contributed by atoms with Gasteiger partial charge >= 0.3 is 0 Å². The Morgan fingerprint density at radius 3 is 2.34 bits per heavy atom. The number of anilines is 1. The first-order valence-electron chi connectivity index (χ1n) is 12.7. The molecule has 0 atom stereocenters. The van der Waals surface area contributed by atoms with E-state index in [-0.39, 0.29) is 24.4 Å². The Morgan fingerprint density at radius 2 is 1.69 bits per heavy atom. The molecule has 0 saturated carbocycles. The molecule has 2 amide bonds. The molecule has 0 fully saturated rings. The number of benzene rings is 2. The maximum Gasteiger partial charge on any atom is 0.242 e. The van der Waals surface area contributed by atoms with Gasteiger partial charge in [-0.1, -0.05) is 43.7 Å². The highest BCUT2D eigenvalue weighted by atomic mass is 16.2. The molecule has 1 N–H and O–H groups in total. The number of carbonyl (C=O) groups excluding carboxylic acids is 2. The molecule has 1 aromatic heterocycles. The molecule has 0 radical (unpaired) electrons. The second kappa shape index (κ2) is 12.4. The van der Waals surface area contributed by atoms with Crippen molar-refractivity contribution in [3.63, 3.8) is 0 Å². The molecule has 3 rings (SSSR count). The van der Waals surface area contributed by atoms with Gasteiger partial charge in [0.25, 0.3) is 0 Å². The Hall–Kier alpha value is -3.28. The molecule has 0 spiro atoms. The number of para-hydroxylation sites is 1. The lowest BCUT2D eigenvalue weighted by Gasteiger charge is -2.30. The zero-order valence-corrected chi connectivity index (χ0v) is 21.9. The molecule has 6 heteroatoms. The quantitative estimate of drug-likeness (QED) is 0.389. The summed E-state index contributed by atoms with van der Waals surface area (Å²) in [5.41, 5.74) is 4.50. The van der Waals surface area contributed by atoms with Crippen LogP contribution in [0.25, 0.3) is 10.9 Å². The maximum atomic E-state index is 13.6. The topological polar surface area (TPSA) is 59.7 Å². The molecule has 6 nitrogen and oxygen atoms in total. The van der Waals surface area contributed by atoms with Crippen molar-refractivity contribution in [1.82, 2.24) is 14.8 Å². The predicted molar refractivity (Wildman–Crippen MR) is 145 cm³/mol. The fraction of sp³-hybridized carbons (Fsp3) is 0.448. The summed E-state index contributed by atoms with van der Waals surface area (Å²) in [5, 5.41) is 1.19. The van der Waals surface area contributed by atoms with Crippen molar-refractivity contribution >= 4 is 28.4 Å². The number of aromatic amines is 1. The normalized spacial score (nSPS) is 11.1. The number of fused-ring (bicyclic) bond motifs is 1. The Labute approximate surface area is 209 Å². The third-order valence-corrected chi connectivity index (χ3v) is 6.50. The number of nitrogens with one attached hydrogen (secondary N) is 1. The van der Waals surface area contributed by atoms with Crippen LogP contribution in [-0.2, 0) is 22.6 Å². The van der Waals surface area contributed by atoms with Crippen LogP contribution in [0.2, 0.25) is 0 Å². The van der Waals surface area contributed by atoms with Crippen LogP contribution in [0.3, 0.4) is 0 Å². The lowest BCUT2D eigenvalue weighted by molar-refractivity contribution is -0.142. The highest BCUT2D eigenvalue weighted by Gasteiger charge is 2.23. The first kappa shape index (κ1) is 26.3. The Balaban J connectivity index is 1.78. The maximum absolute atomic E-state index is 13.6. The van der Waals surface area contributed by atoms with Crippen LogP contribution in [0.5, 0.6) is 0 Å². The van der Waals surface area contributed by atoms with Gasteiger partial charge in [-0.15, -0.1) is 0 Å². The van der Waals surface area contributed by atoms with Crippen molar-refractivity contribution in [3.05, 3.63) is 65.9 Å². The number of hydrogen-bond donors (Lipinski definition) is 1. The van der Waals surface area contributed by atoms with Crippen LogP contribution in [0.15, 0.2) is 54.7 Å². The second-order valence-electron chi connectivity index (χ2n) is 9.70. The van der Waals surface area contributed by atoms with Crippen LogP contribution in [-0.4, -0.2) is 59.8 Å². The van der Waals surface area contributed by atoms with Gasteiger partial charge < -0.3 is 19.7 Å². The monoisotopic (exact) mass is 476 g/mol. The number of hydrogen-bond acceptors (Lipinski definition) is 3. The average Bonchev–Trinajstić information content (AvgIpc) is 3.26. The van der Waals surface area contributed by atoms with E-state index in [2.05, 4.69) is 53.2 Å². The average molecular weight is 477 g/mol.